The highest BCUT2D eigenvalue weighted by Crippen LogP contribution is 2.22. The van der Waals surface area contributed by atoms with Crippen molar-refractivity contribution in [3.63, 3.8) is 0 Å². The fraction of sp³-hybridized carbons (Fsp3) is 0.733. The van der Waals surface area contributed by atoms with Gasteiger partial charge in [0.1, 0.15) is 0 Å². The van der Waals surface area contributed by atoms with Gasteiger partial charge in [0, 0.05) is 25.5 Å². The Labute approximate surface area is 115 Å². The lowest BCUT2D eigenvalue weighted by Crippen LogP contribution is -2.22. The number of carbonyl (C=O) groups is 1. The summed E-state index contributed by atoms with van der Waals surface area (Å²) in [7, 11) is 0. The number of rotatable bonds is 5. The number of hydrogen-bond acceptors (Lipinski definition) is 3. The Hall–Kier alpha value is -1.16. The van der Waals surface area contributed by atoms with Gasteiger partial charge in [0.05, 0.1) is 11.3 Å². The minimum absolute atomic E-state index is 0.145. The van der Waals surface area contributed by atoms with Crippen molar-refractivity contribution in [3.8, 4) is 0 Å². The Morgan fingerprint density at radius 3 is 2.53 bits per heavy atom. The molecule has 1 aliphatic heterocycles. The first-order valence-corrected chi connectivity index (χ1v) is 7.34. The molecule has 4 heteroatoms. The van der Waals surface area contributed by atoms with E-state index in [1.165, 1.54) is 0 Å². The molecule has 0 radical (unpaired) electrons. The molecule has 0 saturated carbocycles. The third-order valence-electron chi connectivity index (χ3n) is 3.92. The highest BCUT2D eigenvalue weighted by atomic mass is 16.5. The van der Waals surface area contributed by atoms with Crippen molar-refractivity contribution < 1.29 is 9.53 Å². The predicted molar refractivity (Wildman–Crippen MR) is 74.5 cm³/mol. The van der Waals surface area contributed by atoms with Crippen LogP contribution in [0.2, 0.25) is 0 Å². The van der Waals surface area contributed by atoms with Gasteiger partial charge in [0.2, 0.25) is 0 Å². The van der Waals surface area contributed by atoms with Crippen LogP contribution in [0.4, 0.5) is 0 Å². The van der Waals surface area contributed by atoms with Gasteiger partial charge in [-0.1, -0.05) is 13.8 Å². The van der Waals surface area contributed by atoms with Gasteiger partial charge in [0.15, 0.2) is 5.78 Å². The summed E-state index contributed by atoms with van der Waals surface area (Å²) in [5, 5.41) is 4.67. The van der Waals surface area contributed by atoms with Crippen molar-refractivity contribution in [2.24, 2.45) is 5.92 Å². The molecule has 19 heavy (non-hydrogen) atoms. The smallest absolute Gasteiger partial charge is 0.163 e. The van der Waals surface area contributed by atoms with Crippen LogP contribution in [0.25, 0.3) is 0 Å². The first-order valence-electron chi connectivity index (χ1n) is 7.34. The molecule has 106 valence electrons. The standard InChI is InChI=1S/C15H24N2O2/c1-4-13-15(11(3)18)14(5-2)17(16-13)10-12-6-8-19-9-7-12/h12H,4-10H2,1-3H3. The highest BCUT2D eigenvalue weighted by molar-refractivity contribution is 5.96. The molecule has 0 amide bonds. The zero-order valence-electron chi connectivity index (χ0n) is 12.2. The van der Waals surface area contributed by atoms with Crippen LogP contribution in [0.1, 0.15) is 55.4 Å². The van der Waals surface area contributed by atoms with Gasteiger partial charge >= 0.3 is 0 Å². The van der Waals surface area contributed by atoms with Crippen LogP contribution < -0.4 is 0 Å². The Bertz CT molecular complexity index is 445. The van der Waals surface area contributed by atoms with Crippen LogP contribution in [0.5, 0.6) is 0 Å². The molecule has 1 aromatic heterocycles. The molecule has 0 aromatic carbocycles. The number of carbonyl (C=O) groups excluding carboxylic acids is 1. The number of aromatic nitrogens is 2. The summed E-state index contributed by atoms with van der Waals surface area (Å²) in [4.78, 5) is 11.8. The lowest BCUT2D eigenvalue weighted by molar-refractivity contribution is 0.0598. The van der Waals surface area contributed by atoms with Gasteiger partial charge in [-0.25, -0.2) is 0 Å². The van der Waals surface area contributed by atoms with E-state index >= 15 is 0 Å². The van der Waals surface area contributed by atoms with Crippen LogP contribution in [0, 0.1) is 5.92 Å². The fourth-order valence-electron chi connectivity index (χ4n) is 2.89. The summed E-state index contributed by atoms with van der Waals surface area (Å²) >= 11 is 0. The van der Waals surface area contributed by atoms with E-state index < -0.39 is 0 Å². The van der Waals surface area contributed by atoms with Gasteiger partial charge in [-0.2, -0.15) is 5.10 Å². The summed E-state index contributed by atoms with van der Waals surface area (Å²) in [5.74, 6) is 0.774. The second kappa shape index (κ2) is 6.33. The average Bonchev–Trinajstić information content (AvgIpc) is 2.77. The van der Waals surface area contributed by atoms with Gasteiger partial charge in [-0.3, -0.25) is 9.48 Å². The van der Waals surface area contributed by atoms with E-state index in [4.69, 9.17) is 4.74 Å². The molecule has 0 bridgehead atoms. The number of aryl methyl sites for hydroxylation is 1. The van der Waals surface area contributed by atoms with E-state index in [0.717, 1.165) is 62.4 Å². The Morgan fingerprint density at radius 1 is 1.32 bits per heavy atom. The van der Waals surface area contributed by atoms with Crippen molar-refractivity contribution in [1.29, 1.82) is 0 Å². The summed E-state index contributed by atoms with van der Waals surface area (Å²) in [5.41, 5.74) is 2.92. The molecule has 0 spiro atoms. The van der Waals surface area contributed by atoms with Crippen LogP contribution in [-0.4, -0.2) is 28.8 Å². The largest absolute Gasteiger partial charge is 0.381 e. The van der Waals surface area contributed by atoms with Gasteiger partial charge in [0.25, 0.3) is 0 Å². The van der Waals surface area contributed by atoms with E-state index in [2.05, 4.69) is 23.6 Å². The van der Waals surface area contributed by atoms with E-state index in [9.17, 15) is 4.79 Å². The summed E-state index contributed by atoms with van der Waals surface area (Å²) in [6, 6.07) is 0. The maximum atomic E-state index is 11.8. The minimum Gasteiger partial charge on any atom is -0.381 e. The molecule has 1 saturated heterocycles. The molecule has 1 aliphatic rings. The van der Waals surface area contributed by atoms with E-state index in [-0.39, 0.29) is 5.78 Å². The van der Waals surface area contributed by atoms with Crippen molar-refractivity contribution in [1.82, 2.24) is 9.78 Å². The molecule has 4 nitrogen and oxygen atoms in total. The third-order valence-corrected chi connectivity index (χ3v) is 3.92. The Kier molecular flexibility index (Phi) is 4.75. The minimum atomic E-state index is 0.145. The number of nitrogens with zero attached hydrogens (tertiary/aromatic N) is 2. The first-order chi connectivity index (χ1) is 9.17. The highest BCUT2D eigenvalue weighted by Gasteiger charge is 2.22. The van der Waals surface area contributed by atoms with E-state index in [0.29, 0.717) is 5.92 Å². The molecule has 0 N–H and O–H groups in total. The predicted octanol–water partition coefficient (Wildman–Crippen LogP) is 2.64. The SMILES string of the molecule is CCc1nn(CC2CCOCC2)c(CC)c1C(C)=O. The molecule has 2 heterocycles. The second-order valence-corrected chi connectivity index (χ2v) is 5.27. The topological polar surface area (TPSA) is 44.1 Å². The number of Topliss-reactive ketones (excluding diaryl/α,β-unsaturated/α-hetero) is 1. The average molecular weight is 264 g/mol. The van der Waals surface area contributed by atoms with Crippen LogP contribution in [-0.2, 0) is 24.1 Å². The molecular formula is C15H24N2O2. The summed E-state index contributed by atoms with van der Waals surface area (Å²) in [6.45, 7) is 8.44. The zero-order chi connectivity index (χ0) is 13.8. The third kappa shape index (κ3) is 3.06. The van der Waals surface area contributed by atoms with Gasteiger partial charge < -0.3 is 4.74 Å². The second-order valence-electron chi connectivity index (χ2n) is 5.27. The van der Waals surface area contributed by atoms with Gasteiger partial charge in [-0.05, 0) is 38.5 Å². The monoisotopic (exact) mass is 264 g/mol. The summed E-state index contributed by atoms with van der Waals surface area (Å²) in [6.07, 6.45) is 3.88. The van der Waals surface area contributed by atoms with Gasteiger partial charge in [-0.15, -0.1) is 0 Å². The number of ether oxygens (including phenoxy) is 1. The van der Waals surface area contributed by atoms with Crippen LogP contribution in [0.3, 0.4) is 0 Å². The van der Waals surface area contributed by atoms with Crippen molar-refractivity contribution in [3.05, 3.63) is 17.0 Å². The Balaban J connectivity index is 2.26. The number of ketones is 1. The zero-order valence-corrected chi connectivity index (χ0v) is 12.2. The van der Waals surface area contributed by atoms with E-state index in [1.54, 1.807) is 6.92 Å². The number of hydrogen-bond donors (Lipinski definition) is 0. The normalized spacial score (nSPS) is 16.8. The maximum absolute atomic E-state index is 11.8. The van der Waals surface area contributed by atoms with Crippen molar-refractivity contribution >= 4 is 5.78 Å². The quantitative estimate of drug-likeness (QED) is 0.768. The van der Waals surface area contributed by atoms with Crippen molar-refractivity contribution in [2.45, 2.75) is 53.0 Å². The summed E-state index contributed by atoms with van der Waals surface area (Å²) < 4.78 is 7.47. The lowest BCUT2D eigenvalue weighted by atomic mass is 10.00. The van der Waals surface area contributed by atoms with E-state index in [1.807, 2.05) is 0 Å². The molecule has 1 fully saturated rings. The molecule has 1 aromatic rings. The first kappa shape index (κ1) is 14.3. The maximum Gasteiger partial charge on any atom is 0.163 e. The molecule has 0 unspecified atom stereocenters. The molecular weight excluding hydrogens is 240 g/mol. The molecule has 0 aliphatic carbocycles. The van der Waals surface area contributed by atoms with Crippen LogP contribution >= 0.6 is 0 Å². The van der Waals surface area contributed by atoms with Crippen LogP contribution in [0.15, 0.2) is 0 Å². The molecule has 2 rings (SSSR count). The Morgan fingerprint density at radius 2 is 2.00 bits per heavy atom. The van der Waals surface area contributed by atoms with Crippen molar-refractivity contribution in [2.75, 3.05) is 13.2 Å². The lowest BCUT2D eigenvalue weighted by Gasteiger charge is -2.22. The fourth-order valence-corrected chi connectivity index (χ4v) is 2.89. The molecule has 0 atom stereocenters.